The van der Waals surface area contributed by atoms with E-state index in [0.717, 1.165) is 46.8 Å². The average molecular weight is 546 g/mol. The first-order chi connectivity index (χ1) is 18.6. The summed E-state index contributed by atoms with van der Waals surface area (Å²) in [6, 6.07) is 14.0. The zero-order chi connectivity index (χ0) is 28.6. The van der Waals surface area contributed by atoms with Crippen LogP contribution < -0.4 is 9.47 Å². The summed E-state index contributed by atoms with van der Waals surface area (Å²) in [4.78, 5) is 11.4. The fourth-order valence-corrected chi connectivity index (χ4v) is 4.70. The lowest BCUT2D eigenvalue weighted by atomic mass is 10.0. The Hall–Kier alpha value is -3.42. The van der Waals surface area contributed by atoms with E-state index in [1.165, 1.54) is 18.4 Å². The first kappa shape index (κ1) is 30.1. The molecule has 1 aromatic heterocycles. The van der Waals surface area contributed by atoms with Gasteiger partial charge in [-0.05, 0) is 62.6 Å². The van der Waals surface area contributed by atoms with Crippen molar-refractivity contribution >= 4 is 16.9 Å². The number of esters is 1. The van der Waals surface area contributed by atoms with Crippen LogP contribution in [-0.2, 0) is 16.0 Å². The van der Waals surface area contributed by atoms with Gasteiger partial charge in [0.15, 0.2) is 0 Å². The molecule has 0 aliphatic carbocycles. The van der Waals surface area contributed by atoms with E-state index < -0.39 is 31.1 Å². The molecule has 2 aromatic carbocycles. The van der Waals surface area contributed by atoms with E-state index in [1.54, 1.807) is 13.2 Å². The average Bonchev–Trinajstić information content (AvgIpc) is 3.28. The summed E-state index contributed by atoms with van der Waals surface area (Å²) in [7, 11) is 1.67. The number of aryl methyl sites for hydroxylation is 1. The molecule has 1 unspecified atom stereocenters. The number of rotatable bonds is 14. The molecule has 1 heterocycles. The molecular formula is C31H38F3NO4. The standard InChI is InChI=1S/C31H38F3NO4/c1-6-8-9-10-22-11-14-26(29(15-22)37-5)28-16-24-12-13-25(17-27(24)35(28)21(3)4)38-19-23(18-31(32,33)34)20-39-30(36)7-2/h7,11-17,21,23H,2,6,8-10,18-20H2,1,3-5H3. The van der Waals surface area contributed by atoms with Crippen molar-refractivity contribution < 1.29 is 32.2 Å². The van der Waals surface area contributed by atoms with Crippen LogP contribution in [0.25, 0.3) is 22.2 Å². The molecule has 0 N–H and O–H groups in total. The smallest absolute Gasteiger partial charge is 0.389 e. The molecule has 39 heavy (non-hydrogen) atoms. The zero-order valence-corrected chi connectivity index (χ0v) is 23.1. The number of aromatic nitrogens is 1. The van der Waals surface area contributed by atoms with Crippen molar-refractivity contribution in [1.29, 1.82) is 0 Å². The molecule has 0 aliphatic rings. The molecule has 3 aromatic rings. The van der Waals surface area contributed by atoms with Gasteiger partial charge in [-0.2, -0.15) is 13.2 Å². The third-order valence-corrected chi connectivity index (χ3v) is 6.57. The minimum absolute atomic E-state index is 0.0954. The second-order valence-electron chi connectivity index (χ2n) is 10.0. The lowest BCUT2D eigenvalue weighted by Gasteiger charge is -2.20. The lowest BCUT2D eigenvalue weighted by Crippen LogP contribution is -2.25. The predicted molar refractivity (Wildman–Crippen MR) is 148 cm³/mol. The highest BCUT2D eigenvalue weighted by Gasteiger charge is 2.33. The third-order valence-electron chi connectivity index (χ3n) is 6.57. The Morgan fingerprint density at radius 1 is 1.08 bits per heavy atom. The number of hydrogen-bond donors (Lipinski definition) is 0. The van der Waals surface area contributed by atoms with Gasteiger partial charge < -0.3 is 18.8 Å². The van der Waals surface area contributed by atoms with Crippen LogP contribution in [0.1, 0.15) is 58.1 Å². The zero-order valence-electron chi connectivity index (χ0n) is 23.1. The molecule has 0 saturated carbocycles. The fourth-order valence-electron chi connectivity index (χ4n) is 4.70. The van der Waals surface area contributed by atoms with Gasteiger partial charge in [0, 0.05) is 35.1 Å². The summed E-state index contributed by atoms with van der Waals surface area (Å²) in [5.41, 5.74) is 4.09. The first-order valence-electron chi connectivity index (χ1n) is 13.4. The van der Waals surface area contributed by atoms with Crippen LogP contribution in [-0.4, -0.2) is 37.0 Å². The summed E-state index contributed by atoms with van der Waals surface area (Å²) in [5.74, 6) is -0.573. The van der Waals surface area contributed by atoms with E-state index >= 15 is 0 Å². The molecule has 0 aliphatic heterocycles. The quantitative estimate of drug-likeness (QED) is 0.116. The number of halogens is 3. The Morgan fingerprint density at radius 3 is 2.49 bits per heavy atom. The number of alkyl halides is 3. The molecule has 3 rings (SSSR count). The molecular weight excluding hydrogens is 507 g/mol. The number of fused-ring (bicyclic) bond motifs is 1. The Balaban J connectivity index is 1.90. The summed E-state index contributed by atoms with van der Waals surface area (Å²) >= 11 is 0. The second kappa shape index (κ2) is 13.6. The van der Waals surface area contributed by atoms with Gasteiger partial charge in [0.1, 0.15) is 11.5 Å². The SMILES string of the molecule is C=CC(=O)OCC(COc1ccc2cc(-c3ccc(CCCCC)cc3OC)n(C(C)C)c2c1)CC(F)(F)F. The van der Waals surface area contributed by atoms with Crippen molar-refractivity contribution in [3.05, 3.63) is 60.7 Å². The van der Waals surface area contributed by atoms with Crippen LogP contribution in [0.5, 0.6) is 11.5 Å². The van der Waals surface area contributed by atoms with Crippen LogP contribution in [0.4, 0.5) is 13.2 Å². The Kier molecular flexibility index (Phi) is 10.5. The number of benzene rings is 2. The first-order valence-corrected chi connectivity index (χ1v) is 13.4. The maximum atomic E-state index is 13.1. The van der Waals surface area contributed by atoms with Crippen molar-refractivity contribution in [2.75, 3.05) is 20.3 Å². The second-order valence-corrected chi connectivity index (χ2v) is 10.0. The van der Waals surface area contributed by atoms with Gasteiger partial charge >= 0.3 is 12.1 Å². The van der Waals surface area contributed by atoms with Crippen molar-refractivity contribution in [3.63, 3.8) is 0 Å². The molecule has 212 valence electrons. The molecule has 0 amide bonds. The minimum atomic E-state index is -4.41. The molecule has 0 bridgehead atoms. The van der Waals surface area contributed by atoms with Gasteiger partial charge in [-0.15, -0.1) is 0 Å². The number of hydrogen-bond acceptors (Lipinski definition) is 4. The van der Waals surface area contributed by atoms with Gasteiger partial charge in [0.05, 0.1) is 38.0 Å². The number of carbonyl (C=O) groups is 1. The fraction of sp³-hybridized carbons (Fsp3) is 0.452. The van der Waals surface area contributed by atoms with Gasteiger partial charge in [-0.25, -0.2) is 4.79 Å². The molecule has 1 atom stereocenters. The minimum Gasteiger partial charge on any atom is -0.496 e. The molecule has 0 radical (unpaired) electrons. The van der Waals surface area contributed by atoms with Crippen molar-refractivity contribution in [2.24, 2.45) is 5.92 Å². The largest absolute Gasteiger partial charge is 0.496 e. The van der Waals surface area contributed by atoms with Crippen molar-refractivity contribution in [2.45, 2.75) is 65.1 Å². The Labute approximate surface area is 228 Å². The topological polar surface area (TPSA) is 49.7 Å². The highest BCUT2D eigenvalue weighted by molar-refractivity contribution is 5.89. The van der Waals surface area contributed by atoms with Crippen LogP contribution in [0, 0.1) is 5.92 Å². The maximum absolute atomic E-state index is 13.1. The van der Waals surface area contributed by atoms with Crippen LogP contribution in [0.3, 0.4) is 0 Å². The Bertz CT molecular complexity index is 1260. The van der Waals surface area contributed by atoms with Crippen LogP contribution in [0.15, 0.2) is 55.1 Å². The summed E-state index contributed by atoms with van der Waals surface area (Å²) in [5, 5.41) is 0.979. The monoisotopic (exact) mass is 545 g/mol. The van der Waals surface area contributed by atoms with E-state index in [1.807, 2.05) is 12.1 Å². The molecule has 0 spiro atoms. The van der Waals surface area contributed by atoms with E-state index in [2.05, 4.69) is 56.2 Å². The molecule has 0 saturated heterocycles. The molecule has 8 heteroatoms. The van der Waals surface area contributed by atoms with Gasteiger partial charge in [-0.3, -0.25) is 0 Å². The summed E-state index contributed by atoms with van der Waals surface area (Å²) in [6.45, 7) is 8.96. The summed E-state index contributed by atoms with van der Waals surface area (Å²) < 4.78 is 57.9. The van der Waals surface area contributed by atoms with Crippen molar-refractivity contribution in [1.82, 2.24) is 4.57 Å². The van der Waals surface area contributed by atoms with Crippen LogP contribution >= 0.6 is 0 Å². The van der Waals surface area contributed by atoms with E-state index in [0.29, 0.717) is 5.75 Å². The van der Waals surface area contributed by atoms with Gasteiger partial charge in [0.25, 0.3) is 0 Å². The molecule has 0 fully saturated rings. The predicted octanol–water partition coefficient (Wildman–Crippen LogP) is 8.31. The van der Waals surface area contributed by atoms with E-state index in [4.69, 9.17) is 14.2 Å². The number of unbranched alkanes of at least 4 members (excludes halogenated alkanes) is 2. The van der Waals surface area contributed by atoms with Gasteiger partial charge in [0.2, 0.25) is 0 Å². The van der Waals surface area contributed by atoms with E-state index in [9.17, 15) is 18.0 Å². The van der Waals surface area contributed by atoms with Crippen molar-refractivity contribution in [3.8, 4) is 22.8 Å². The summed E-state index contributed by atoms with van der Waals surface area (Å²) in [6.07, 6.45) is -0.125. The lowest BCUT2D eigenvalue weighted by molar-refractivity contribution is -0.157. The number of methoxy groups -OCH3 is 1. The maximum Gasteiger partial charge on any atom is 0.389 e. The van der Waals surface area contributed by atoms with Crippen LogP contribution in [0.2, 0.25) is 0 Å². The Morgan fingerprint density at radius 2 is 1.85 bits per heavy atom. The highest BCUT2D eigenvalue weighted by atomic mass is 19.4. The molecule has 5 nitrogen and oxygen atoms in total. The van der Waals surface area contributed by atoms with Gasteiger partial charge in [-0.1, -0.05) is 32.4 Å². The highest BCUT2D eigenvalue weighted by Crippen LogP contribution is 2.38. The number of ether oxygens (including phenoxy) is 3. The van der Waals surface area contributed by atoms with E-state index in [-0.39, 0.29) is 12.6 Å². The third kappa shape index (κ3) is 8.28. The number of nitrogens with zero attached hydrogens (tertiary/aromatic N) is 1. The number of carbonyl (C=O) groups excluding carboxylic acids is 1. The normalized spacial score (nSPS) is 12.5.